The minimum atomic E-state index is -0.967. The van der Waals surface area contributed by atoms with E-state index in [1.807, 2.05) is 0 Å². The van der Waals surface area contributed by atoms with E-state index in [2.05, 4.69) is 10.2 Å². The van der Waals surface area contributed by atoms with Crippen LogP contribution in [0.25, 0.3) is 0 Å². The van der Waals surface area contributed by atoms with Crippen LogP contribution in [0.1, 0.15) is 33.1 Å². The summed E-state index contributed by atoms with van der Waals surface area (Å²) in [5.74, 6) is -1.62. The molecule has 1 rings (SSSR count). The van der Waals surface area contributed by atoms with E-state index in [4.69, 9.17) is 15.6 Å². The quantitative estimate of drug-likeness (QED) is 0.675. The second-order valence-electron chi connectivity index (χ2n) is 5.32. The van der Waals surface area contributed by atoms with Crippen LogP contribution in [0.3, 0.4) is 0 Å². The molecule has 0 radical (unpaired) electrons. The highest BCUT2D eigenvalue weighted by Gasteiger charge is 2.33. The van der Waals surface area contributed by atoms with Crippen molar-refractivity contribution in [3.05, 3.63) is 0 Å². The molecule has 1 aliphatic heterocycles. The first-order valence-electron chi connectivity index (χ1n) is 6.42. The number of azo groups is 1. The SMILES string of the molecule is CC1(C)N=NC(CC(=O)O)CN(CCCC(=O)O)C1=N. The first-order chi connectivity index (χ1) is 9.22. The highest BCUT2D eigenvalue weighted by atomic mass is 16.4. The van der Waals surface area contributed by atoms with Crippen LogP contribution < -0.4 is 0 Å². The molecule has 0 saturated heterocycles. The zero-order valence-corrected chi connectivity index (χ0v) is 11.7. The minimum Gasteiger partial charge on any atom is -0.481 e. The molecule has 1 atom stereocenters. The van der Waals surface area contributed by atoms with Crippen molar-refractivity contribution in [3.8, 4) is 0 Å². The van der Waals surface area contributed by atoms with Crippen LogP contribution in [0.5, 0.6) is 0 Å². The second-order valence-corrected chi connectivity index (χ2v) is 5.32. The molecule has 0 saturated carbocycles. The van der Waals surface area contributed by atoms with Gasteiger partial charge in [-0.05, 0) is 20.3 Å². The number of amidine groups is 1. The maximum absolute atomic E-state index is 10.8. The fourth-order valence-corrected chi connectivity index (χ4v) is 1.97. The van der Waals surface area contributed by atoms with Crippen LogP contribution in [0, 0.1) is 5.41 Å². The zero-order chi connectivity index (χ0) is 15.3. The van der Waals surface area contributed by atoms with Gasteiger partial charge >= 0.3 is 11.9 Å². The Morgan fingerprint density at radius 3 is 2.60 bits per heavy atom. The van der Waals surface area contributed by atoms with Gasteiger partial charge in [-0.1, -0.05) is 0 Å². The highest BCUT2D eigenvalue weighted by Crippen LogP contribution is 2.21. The van der Waals surface area contributed by atoms with Gasteiger partial charge in [0.15, 0.2) is 0 Å². The average Bonchev–Trinajstić information content (AvgIpc) is 2.41. The number of hydrogen-bond donors (Lipinski definition) is 3. The summed E-state index contributed by atoms with van der Waals surface area (Å²) in [7, 11) is 0. The lowest BCUT2D eigenvalue weighted by molar-refractivity contribution is -0.138. The van der Waals surface area contributed by atoms with Gasteiger partial charge in [-0.3, -0.25) is 15.0 Å². The number of carboxylic acid groups (broad SMARTS) is 2. The molecule has 3 N–H and O–H groups in total. The van der Waals surface area contributed by atoms with Gasteiger partial charge in [0.05, 0.1) is 12.5 Å². The van der Waals surface area contributed by atoms with Crippen molar-refractivity contribution in [1.29, 1.82) is 5.41 Å². The summed E-state index contributed by atoms with van der Waals surface area (Å²) < 4.78 is 0. The van der Waals surface area contributed by atoms with E-state index >= 15 is 0 Å². The molecule has 0 aliphatic carbocycles. The normalized spacial score (nSPS) is 21.6. The van der Waals surface area contributed by atoms with Crippen molar-refractivity contribution in [1.82, 2.24) is 4.90 Å². The number of carbonyl (C=O) groups is 2. The Kier molecular flexibility index (Phi) is 5.18. The van der Waals surface area contributed by atoms with Crippen LogP contribution in [-0.4, -0.2) is 57.6 Å². The molecule has 0 aromatic heterocycles. The van der Waals surface area contributed by atoms with Gasteiger partial charge in [0.2, 0.25) is 0 Å². The minimum absolute atomic E-state index is 0.0160. The zero-order valence-electron chi connectivity index (χ0n) is 11.7. The van der Waals surface area contributed by atoms with Gasteiger partial charge in [-0.25, -0.2) is 0 Å². The summed E-state index contributed by atoms with van der Waals surface area (Å²) >= 11 is 0. The predicted molar refractivity (Wildman–Crippen MR) is 71.1 cm³/mol. The van der Waals surface area contributed by atoms with Crippen LogP contribution in [0.15, 0.2) is 10.2 Å². The topological polar surface area (TPSA) is 126 Å². The van der Waals surface area contributed by atoms with Crippen LogP contribution in [0.4, 0.5) is 0 Å². The molecule has 112 valence electrons. The summed E-state index contributed by atoms with van der Waals surface area (Å²) in [6, 6.07) is -0.514. The van der Waals surface area contributed by atoms with Crippen molar-refractivity contribution in [2.24, 2.45) is 10.2 Å². The van der Waals surface area contributed by atoms with E-state index in [0.29, 0.717) is 13.0 Å². The molecule has 20 heavy (non-hydrogen) atoms. The summed E-state index contributed by atoms with van der Waals surface area (Å²) in [6.45, 7) is 4.12. The predicted octanol–water partition coefficient (Wildman–Crippen LogP) is 1.22. The lowest BCUT2D eigenvalue weighted by Crippen LogP contribution is -2.45. The number of rotatable bonds is 6. The van der Waals surface area contributed by atoms with Gasteiger partial charge < -0.3 is 15.1 Å². The number of hydrogen-bond acceptors (Lipinski definition) is 5. The number of aliphatic carboxylic acids is 2. The smallest absolute Gasteiger partial charge is 0.305 e. The van der Waals surface area contributed by atoms with E-state index in [1.165, 1.54) is 0 Å². The third-order valence-electron chi connectivity index (χ3n) is 3.03. The summed E-state index contributed by atoms with van der Waals surface area (Å²) in [4.78, 5) is 23.0. The maximum atomic E-state index is 10.8. The Morgan fingerprint density at radius 2 is 2.05 bits per heavy atom. The summed E-state index contributed by atoms with van der Waals surface area (Å²) in [5, 5.41) is 33.7. The Hall–Kier alpha value is -1.99. The number of nitrogens with one attached hydrogen (secondary N) is 1. The third kappa shape index (κ3) is 4.60. The Morgan fingerprint density at radius 1 is 1.40 bits per heavy atom. The summed E-state index contributed by atoms with van der Waals surface area (Å²) in [6.07, 6.45) is 0.262. The highest BCUT2D eigenvalue weighted by molar-refractivity contribution is 5.88. The van der Waals surface area contributed by atoms with Gasteiger partial charge in [-0.2, -0.15) is 10.2 Å². The van der Waals surface area contributed by atoms with Crippen molar-refractivity contribution >= 4 is 17.8 Å². The molecule has 0 bridgehead atoms. The van der Waals surface area contributed by atoms with E-state index < -0.39 is 23.5 Å². The van der Waals surface area contributed by atoms with Gasteiger partial charge in [-0.15, -0.1) is 0 Å². The lowest BCUT2D eigenvalue weighted by Gasteiger charge is -2.30. The largest absolute Gasteiger partial charge is 0.481 e. The summed E-state index contributed by atoms with van der Waals surface area (Å²) in [5.41, 5.74) is -0.823. The Balaban J connectivity index is 2.77. The monoisotopic (exact) mass is 284 g/mol. The average molecular weight is 284 g/mol. The maximum Gasteiger partial charge on any atom is 0.305 e. The second kappa shape index (κ2) is 6.44. The van der Waals surface area contributed by atoms with Crippen molar-refractivity contribution in [3.63, 3.8) is 0 Å². The van der Waals surface area contributed by atoms with Crippen LogP contribution in [-0.2, 0) is 9.59 Å². The van der Waals surface area contributed by atoms with Crippen molar-refractivity contribution in [2.75, 3.05) is 13.1 Å². The van der Waals surface area contributed by atoms with Crippen molar-refractivity contribution in [2.45, 2.75) is 44.7 Å². The van der Waals surface area contributed by atoms with E-state index in [-0.39, 0.29) is 25.2 Å². The Labute approximate surface area is 117 Å². The molecule has 1 unspecified atom stereocenters. The lowest BCUT2D eigenvalue weighted by atomic mass is 10.0. The molecule has 0 spiro atoms. The standard InChI is InChI=1S/C12H20N4O4/c1-12(2)11(13)16(5-3-4-9(17)18)7-8(14-15-12)6-10(19)20/h8,13H,3-7H2,1-2H3,(H,17,18)(H,19,20). The fourth-order valence-electron chi connectivity index (χ4n) is 1.97. The first kappa shape index (κ1) is 16.1. The molecule has 0 fully saturated rings. The van der Waals surface area contributed by atoms with Crippen LogP contribution >= 0.6 is 0 Å². The fraction of sp³-hybridized carbons (Fsp3) is 0.750. The molecular formula is C12H20N4O4. The van der Waals surface area contributed by atoms with Gasteiger partial charge in [0.25, 0.3) is 0 Å². The molecule has 0 aromatic carbocycles. The van der Waals surface area contributed by atoms with Gasteiger partial charge in [0, 0.05) is 19.5 Å². The molecule has 1 aliphatic rings. The number of carboxylic acids is 2. The first-order valence-corrected chi connectivity index (χ1v) is 6.42. The third-order valence-corrected chi connectivity index (χ3v) is 3.03. The van der Waals surface area contributed by atoms with Crippen molar-refractivity contribution < 1.29 is 19.8 Å². The molecule has 8 heteroatoms. The molecule has 0 aromatic rings. The molecule has 8 nitrogen and oxygen atoms in total. The van der Waals surface area contributed by atoms with Gasteiger partial charge in [0.1, 0.15) is 11.4 Å². The molecule has 0 amide bonds. The van der Waals surface area contributed by atoms with E-state index in [1.54, 1.807) is 18.7 Å². The molecular weight excluding hydrogens is 264 g/mol. The van der Waals surface area contributed by atoms with Crippen LogP contribution in [0.2, 0.25) is 0 Å². The Bertz CT molecular complexity index is 433. The van der Waals surface area contributed by atoms with E-state index in [9.17, 15) is 9.59 Å². The number of nitrogens with zero attached hydrogens (tertiary/aromatic N) is 3. The molecule has 1 heterocycles. The van der Waals surface area contributed by atoms with E-state index in [0.717, 1.165) is 0 Å².